The van der Waals surface area contributed by atoms with Crippen molar-refractivity contribution in [2.24, 2.45) is 0 Å². The van der Waals surface area contributed by atoms with E-state index in [0.717, 1.165) is 36.2 Å². The van der Waals surface area contributed by atoms with E-state index in [1.807, 2.05) is 0 Å². The zero-order valence-corrected chi connectivity index (χ0v) is 22.5. The first-order valence-corrected chi connectivity index (χ1v) is 14.1. The van der Waals surface area contributed by atoms with E-state index in [-0.39, 0.29) is 18.5 Å². The third-order valence-corrected chi connectivity index (χ3v) is 8.00. The molecule has 0 spiro atoms. The second-order valence-corrected chi connectivity index (χ2v) is 11.7. The number of anilines is 1. The van der Waals surface area contributed by atoms with Crippen LogP contribution < -0.4 is 9.62 Å². The summed E-state index contributed by atoms with van der Waals surface area (Å²) in [7, 11) is -3.81. The fraction of sp³-hybridized carbons (Fsp3) is 0.440. The first kappa shape index (κ1) is 27.3. The Kier molecular flexibility index (Phi) is 9.07. The number of hydrogen-bond acceptors (Lipinski definition) is 4. The molecule has 7 nitrogen and oxygen atoms in total. The van der Waals surface area contributed by atoms with E-state index in [1.165, 1.54) is 4.90 Å². The number of rotatable bonds is 9. The lowest BCUT2D eigenvalue weighted by Gasteiger charge is -2.32. The number of sulfonamides is 1. The van der Waals surface area contributed by atoms with Gasteiger partial charge in [0.05, 0.1) is 11.9 Å². The van der Waals surface area contributed by atoms with Crippen molar-refractivity contribution in [3.05, 3.63) is 63.6 Å². The van der Waals surface area contributed by atoms with Gasteiger partial charge in [-0.25, -0.2) is 8.42 Å². The van der Waals surface area contributed by atoms with E-state index >= 15 is 0 Å². The van der Waals surface area contributed by atoms with Crippen LogP contribution in [-0.4, -0.2) is 50.0 Å². The Morgan fingerprint density at radius 1 is 1.11 bits per heavy atom. The monoisotopic (exact) mass is 539 g/mol. The van der Waals surface area contributed by atoms with E-state index < -0.39 is 28.5 Å². The third-order valence-electron chi connectivity index (χ3n) is 6.27. The van der Waals surface area contributed by atoms with E-state index in [4.69, 9.17) is 23.2 Å². The van der Waals surface area contributed by atoms with E-state index in [0.29, 0.717) is 26.9 Å². The number of amides is 2. The van der Waals surface area contributed by atoms with Crippen LogP contribution in [-0.2, 0) is 26.2 Å². The minimum Gasteiger partial charge on any atom is -0.352 e. The lowest BCUT2D eigenvalue weighted by molar-refractivity contribution is -0.139. The second-order valence-electron chi connectivity index (χ2n) is 8.98. The van der Waals surface area contributed by atoms with Crippen LogP contribution >= 0.6 is 23.2 Å². The van der Waals surface area contributed by atoms with Gasteiger partial charge >= 0.3 is 0 Å². The largest absolute Gasteiger partial charge is 0.352 e. The molecule has 0 aliphatic heterocycles. The standard InChI is InChI=1S/C25H31Cl2N3O4S/c1-17-14-20(26)12-13-23(17)30(35(3,33)34)16-24(31)29(15-19-8-4-7-11-22(19)27)18(2)25(32)28-21-9-5-6-10-21/h4,7-8,11-14,18,21H,5-6,9-10,15-16H2,1-3H3,(H,28,32)/t18-/m0/s1. The van der Waals surface area contributed by atoms with Gasteiger partial charge in [-0.15, -0.1) is 0 Å². The van der Waals surface area contributed by atoms with Crippen LogP contribution in [0.2, 0.25) is 10.0 Å². The zero-order chi connectivity index (χ0) is 25.8. The van der Waals surface area contributed by atoms with Gasteiger partial charge < -0.3 is 10.2 Å². The van der Waals surface area contributed by atoms with Gasteiger partial charge in [0.2, 0.25) is 21.8 Å². The van der Waals surface area contributed by atoms with Gasteiger partial charge in [0.1, 0.15) is 12.6 Å². The van der Waals surface area contributed by atoms with Crippen molar-refractivity contribution in [1.29, 1.82) is 0 Å². The van der Waals surface area contributed by atoms with E-state index in [1.54, 1.807) is 56.3 Å². The average molecular weight is 541 g/mol. The summed E-state index contributed by atoms with van der Waals surface area (Å²) in [5.74, 6) is -0.787. The molecule has 0 heterocycles. The maximum atomic E-state index is 13.6. The quantitative estimate of drug-likeness (QED) is 0.506. The van der Waals surface area contributed by atoms with Gasteiger partial charge in [-0.2, -0.15) is 0 Å². The molecule has 1 atom stereocenters. The molecule has 2 aromatic rings. The molecule has 1 aliphatic carbocycles. The van der Waals surface area contributed by atoms with E-state index in [9.17, 15) is 18.0 Å². The topological polar surface area (TPSA) is 86.8 Å². The Morgan fingerprint density at radius 3 is 2.37 bits per heavy atom. The van der Waals surface area contributed by atoms with Crippen molar-refractivity contribution in [2.45, 2.75) is 58.2 Å². The number of aryl methyl sites for hydroxylation is 1. The molecule has 3 rings (SSSR count). The molecule has 2 amide bonds. The summed E-state index contributed by atoms with van der Waals surface area (Å²) < 4.78 is 26.4. The van der Waals surface area contributed by atoms with Crippen LogP contribution in [0.1, 0.15) is 43.7 Å². The van der Waals surface area contributed by atoms with Crippen LogP contribution in [0.3, 0.4) is 0 Å². The number of carbonyl (C=O) groups excluding carboxylic acids is 2. The summed E-state index contributed by atoms with van der Waals surface area (Å²) in [6.07, 6.45) is 4.99. The fourth-order valence-electron chi connectivity index (χ4n) is 4.28. The Hall–Kier alpha value is -2.29. The molecule has 1 fully saturated rings. The number of nitrogens with one attached hydrogen (secondary N) is 1. The van der Waals surface area contributed by atoms with Gasteiger partial charge in [-0.3, -0.25) is 13.9 Å². The van der Waals surface area contributed by atoms with Crippen molar-refractivity contribution in [3.8, 4) is 0 Å². The molecule has 0 saturated heterocycles. The Bertz CT molecular complexity index is 1180. The molecular weight excluding hydrogens is 509 g/mol. The van der Waals surface area contributed by atoms with Gasteiger partial charge in [0.25, 0.3) is 0 Å². The maximum absolute atomic E-state index is 13.6. The number of benzene rings is 2. The first-order valence-electron chi connectivity index (χ1n) is 11.5. The molecule has 0 radical (unpaired) electrons. The maximum Gasteiger partial charge on any atom is 0.244 e. The summed E-state index contributed by atoms with van der Waals surface area (Å²) in [5, 5.41) is 3.95. The smallest absolute Gasteiger partial charge is 0.244 e. The molecular formula is C25H31Cl2N3O4S. The van der Waals surface area contributed by atoms with Gasteiger partial charge in [0, 0.05) is 22.6 Å². The lowest BCUT2D eigenvalue weighted by Crippen LogP contribution is -2.52. The normalized spacial score (nSPS) is 15.0. The average Bonchev–Trinajstić information content (AvgIpc) is 3.29. The highest BCUT2D eigenvalue weighted by molar-refractivity contribution is 7.92. The lowest BCUT2D eigenvalue weighted by atomic mass is 10.1. The SMILES string of the molecule is Cc1cc(Cl)ccc1N(CC(=O)N(Cc1ccccc1Cl)[C@@H](C)C(=O)NC1CCCC1)S(C)(=O)=O. The highest BCUT2D eigenvalue weighted by Gasteiger charge is 2.32. The summed E-state index contributed by atoms with van der Waals surface area (Å²) in [6.45, 7) is 2.97. The van der Waals surface area contributed by atoms with Crippen molar-refractivity contribution < 1.29 is 18.0 Å². The summed E-state index contributed by atoms with van der Waals surface area (Å²) >= 11 is 12.4. The molecule has 1 saturated carbocycles. The highest BCUT2D eigenvalue weighted by atomic mass is 35.5. The molecule has 1 aliphatic rings. The molecule has 190 valence electrons. The molecule has 1 N–H and O–H groups in total. The Balaban J connectivity index is 1.91. The number of halogens is 2. The van der Waals surface area contributed by atoms with Crippen LogP contribution in [0.4, 0.5) is 5.69 Å². The highest BCUT2D eigenvalue weighted by Crippen LogP contribution is 2.27. The van der Waals surface area contributed by atoms with Crippen LogP contribution in [0.25, 0.3) is 0 Å². The Labute approximate surface area is 217 Å². The van der Waals surface area contributed by atoms with Crippen molar-refractivity contribution in [2.75, 3.05) is 17.1 Å². The van der Waals surface area contributed by atoms with Crippen LogP contribution in [0.5, 0.6) is 0 Å². The summed E-state index contributed by atoms with van der Waals surface area (Å²) in [4.78, 5) is 28.1. The van der Waals surface area contributed by atoms with Gasteiger partial charge in [0.15, 0.2) is 0 Å². The minimum atomic E-state index is -3.81. The van der Waals surface area contributed by atoms with Crippen LogP contribution in [0, 0.1) is 6.92 Å². The van der Waals surface area contributed by atoms with Gasteiger partial charge in [-0.05, 0) is 62.1 Å². The van der Waals surface area contributed by atoms with Crippen molar-refractivity contribution >= 4 is 50.7 Å². The van der Waals surface area contributed by atoms with Crippen molar-refractivity contribution in [3.63, 3.8) is 0 Å². The molecule has 0 bridgehead atoms. The van der Waals surface area contributed by atoms with Gasteiger partial charge in [-0.1, -0.05) is 54.2 Å². The Morgan fingerprint density at radius 2 is 1.77 bits per heavy atom. The molecule has 10 heteroatoms. The number of hydrogen-bond donors (Lipinski definition) is 1. The number of carbonyl (C=O) groups is 2. The zero-order valence-electron chi connectivity index (χ0n) is 20.1. The number of nitrogens with zero attached hydrogens (tertiary/aromatic N) is 2. The molecule has 2 aromatic carbocycles. The predicted molar refractivity (Wildman–Crippen MR) is 140 cm³/mol. The predicted octanol–water partition coefficient (Wildman–Crippen LogP) is 4.54. The molecule has 0 aromatic heterocycles. The molecule has 0 unspecified atom stereocenters. The van der Waals surface area contributed by atoms with Crippen LogP contribution in [0.15, 0.2) is 42.5 Å². The second kappa shape index (κ2) is 11.6. The summed E-state index contributed by atoms with van der Waals surface area (Å²) in [6, 6.07) is 11.1. The fourth-order valence-corrected chi connectivity index (χ4v) is 5.61. The third kappa shape index (κ3) is 7.12. The van der Waals surface area contributed by atoms with Crippen molar-refractivity contribution in [1.82, 2.24) is 10.2 Å². The first-order chi connectivity index (χ1) is 16.5. The van der Waals surface area contributed by atoms with E-state index in [2.05, 4.69) is 5.32 Å². The summed E-state index contributed by atoms with van der Waals surface area (Å²) in [5.41, 5.74) is 1.63. The molecule has 35 heavy (non-hydrogen) atoms. The minimum absolute atomic E-state index is 0.0644.